The van der Waals surface area contributed by atoms with Gasteiger partial charge in [-0.1, -0.05) is 43.3 Å². The first-order valence-electron chi connectivity index (χ1n) is 7.48. The van der Waals surface area contributed by atoms with Gasteiger partial charge >= 0.3 is 0 Å². The van der Waals surface area contributed by atoms with Crippen LogP contribution >= 0.6 is 12.2 Å². The Morgan fingerprint density at radius 3 is 3.05 bits per heavy atom. The summed E-state index contributed by atoms with van der Waals surface area (Å²) >= 11 is 5.06. The summed E-state index contributed by atoms with van der Waals surface area (Å²) in [6, 6.07) is 8.90. The van der Waals surface area contributed by atoms with Gasteiger partial charge in [0, 0.05) is 24.7 Å². The first-order valence-corrected chi connectivity index (χ1v) is 7.89. The van der Waals surface area contributed by atoms with Crippen LogP contribution in [0.1, 0.15) is 36.8 Å². The zero-order chi connectivity index (χ0) is 13.9. The third-order valence-electron chi connectivity index (χ3n) is 4.44. The van der Waals surface area contributed by atoms with E-state index < -0.39 is 0 Å². The van der Waals surface area contributed by atoms with Crippen molar-refractivity contribution in [3.8, 4) is 0 Å². The van der Waals surface area contributed by atoms with Crippen molar-refractivity contribution in [3.63, 3.8) is 0 Å². The summed E-state index contributed by atoms with van der Waals surface area (Å²) in [5.74, 6) is 0. The normalized spacial score (nSPS) is 27.0. The maximum atomic E-state index is 5.93. The minimum absolute atomic E-state index is 0.441. The maximum Gasteiger partial charge on any atom is 0.103 e. The summed E-state index contributed by atoms with van der Waals surface area (Å²) in [7, 11) is 0. The lowest BCUT2D eigenvalue weighted by atomic mass is 9.90. The topological polar surface area (TPSA) is 38.5 Å². The predicted molar refractivity (Wildman–Crippen MR) is 84.7 cm³/mol. The van der Waals surface area contributed by atoms with Crippen molar-refractivity contribution >= 4 is 17.2 Å². The van der Waals surface area contributed by atoms with Crippen LogP contribution in [0.3, 0.4) is 0 Å². The number of rotatable bonds is 3. The zero-order valence-electron chi connectivity index (χ0n) is 11.8. The van der Waals surface area contributed by atoms with Crippen LogP contribution < -0.4 is 5.73 Å². The summed E-state index contributed by atoms with van der Waals surface area (Å²) in [5.41, 5.74) is 7.98. The van der Waals surface area contributed by atoms with Gasteiger partial charge in [-0.05, 0) is 24.5 Å². The number of hydrogen-bond acceptors (Lipinski definition) is 3. The van der Waals surface area contributed by atoms with Gasteiger partial charge in [0.05, 0.1) is 12.7 Å². The quantitative estimate of drug-likeness (QED) is 0.868. The average molecular weight is 290 g/mol. The van der Waals surface area contributed by atoms with Crippen LogP contribution in [-0.4, -0.2) is 35.2 Å². The second-order valence-corrected chi connectivity index (χ2v) is 6.24. The molecule has 4 heteroatoms. The molecule has 1 aromatic carbocycles. The minimum atomic E-state index is 0.441. The van der Waals surface area contributed by atoms with Crippen molar-refractivity contribution in [1.82, 2.24) is 4.90 Å². The number of nitrogens with zero attached hydrogens (tertiary/aromatic N) is 1. The molecule has 0 amide bonds. The highest BCUT2D eigenvalue weighted by molar-refractivity contribution is 7.80. The number of morpholine rings is 1. The molecule has 1 saturated heterocycles. The van der Waals surface area contributed by atoms with E-state index in [9.17, 15) is 0 Å². The molecular weight excluding hydrogens is 268 g/mol. The van der Waals surface area contributed by atoms with Crippen molar-refractivity contribution in [1.29, 1.82) is 0 Å². The van der Waals surface area contributed by atoms with E-state index in [1.807, 2.05) is 12.1 Å². The van der Waals surface area contributed by atoms with Crippen LogP contribution in [0, 0.1) is 0 Å². The van der Waals surface area contributed by atoms with Crippen LogP contribution in [-0.2, 0) is 11.3 Å². The molecule has 0 aromatic heterocycles. The summed E-state index contributed by atoms with van der Waals surface area (Å²) in [5, 5.41) is 0. The second-order valence-electron chi connectivity index (χ2n) is 5.80. The Morgan fingerprint density at radius 1 is 1.35 bits per heavy atom. The van der Waals surface area contributed by atoms with Gasteiger partial charge in [0.15, 0.2) is 0 Å². The standard InChI is InChI=1S/C16H22N2OS/c17-16(20)13-5-3-4-12(10-13)11-18-8-9-19-15-7-2-1-6-14(15)18/h3-5,10,14-15H,1-2,6-9,11H2,(H2,17,20). The van der Waals surface area contributed by atoms with Gasteiger partial charge in [0.25, 0.3) is 0 Å². The highest BCUT2D eigenvalue weighted by Crippen LogP contribution is 2.29. The van der Waals surface area contributed by atoms with E-state index >= 15 is 0 Å². The smallest absolute Gasteiger partial charge is 0.103 e. The molecule has 1 aliphatic carbocycles. The molecule has 2 N–H and O–H groups in total. The molecule has 0 spiro atoms. The number of hydrogen-bond donors (Lipinski definition) is 1. The Kier molecular flexibility index (Phi) is 4.34. The van der Waals surface area contributed by atoms with Crippen LogP contribution in [0.4, 0.5) is 0 Å². The largest absolute Gasteiger partial charge is 0.389 e. The Balaban J connectivity index is 1.72. The Hall–Kier alpha value is -0.970. The molecule has 2 atom stereocenters. The van der Waals surface area contributed by atoms with Gasteiger partial charge < -0.3 is 10.5 Å². The fourth-order valence-corrected chi connectivity index (χ4v) is 3.56. The van der Waals surface area contributed by atoms with Crippen LogP contribution in [0.5, 0.6) is 0 Å². The zero-order valence-corrected chi connectivity index (χ0v) is 12.6. The number of benzene rings is 1. The monoisotopic (exact) mass is 290 g/mol. The average Bonchev–Trinajstić information content (AvgIpc) is 2.48. The molecule has 0 radical (unpaired) electrons. The molecule has 20 heavy (non-hydrogen) atoms. The maximum absolute atomic E-state index is 5.93. The molecule has 3 nitrogen and oxygen atoms in total. The Bertz CT molecular complexity index is 489. The van der Waals surface area contributed by atoms with E-state index in [1.54, 1.807) is 0 Å². The van der Waals surface area contributed by atoms with E-state index in [4.69, 9.17) is 22.7 Å². The molecule has 3 rings (SSSR count). The molecule has 2 unspecified atom stereocenters. The van der Waals surface area contributed by atoms with Crippen molar-refractivity contribution in [2.45, 2.75) is 44.4 Å². The summed E-state index contributed by atoms with van der Waals surface area (Å²) in [6.45, 7) is 2.86. The third kappa shape index (κ3) is 3.03. The number of thiocarbonyl (C=S) groups is 1. The molecule has 1 aromatic rings. The molecule has 108 valence electrons. The third-order valence-corrected chi connectivity index (χ3v) is 4.68. The summed E-state index contributed by atoms with van der Waals surface area (Å²) in [4.78, 5) is 3.05. The van der Waals surface area contributed by atoms with Gasteiger partial charge in [0.2, 0.25) is 0 Å². The predicted octanol–water partition coefficient (Wildman–Crippen LogP) is 2.46. The lowest BCUT2D eigenvalue weighted by Gasteiger charge is -2.43. The number of nitrogens with two attached hydrogens (primary N) is 1. The van der Waals surface area contributed by atoms with E-state index in [-0.39, 0.29) is 0 Å². The summed E-state index contributed by atoms with van der Waals surface area (Å²) in [6.07, 6.45) is 5.56. The van der Waals surface area contributed by atoms with Crippen molar-refractivity contribution in [3.05, 3.63) is 35.4 Å². The molecule has 2 aliphatic rings. The van der Waals surface area contributed by atoms with Gasteiger partial charge in [-0.2, -0.15) is 0 Å². The van der Waals surface area contributed by atoms with Crippen molar-refractivity contribution < 1.29 is 4.74 Å². The SMILES string of the molecule is NC(=S)c1cccc(CN2CCOC3CCCCC32)c1. The van der Waals surface area contributed by atoms with Gasteiger partial charge in [0.1, 0.15) is 4.99 Å². The highest BCUT2D eigenvalue weighted by Gasteiger charge is 2.33. The first kappa shape index (κ1) is 14.0. The first-order chi connectivity index (χ1) is 9.74. The van der Waals surface area contributed by atoms with Crippen LogP contribution in [0.2, 0.25) is 0 Å². The lowest BCUT2D eigenvalue weighted by molar-refractivity contribution is -0.0911. The molecular formula is C16H22N2OS. The van der Waals surface area contributed by atoms with Gasteiger partial charge in [-0.3, -0.25) is 4.90 Å². The molecule has 1 heterocycles. The van der Waals surface area contributed by atoms with E-state index in [1.165, 1.54) is 31.2 Å². The van der Waals surface area contributed by atoms with Gasteiger partial charge in [-0.25, -0.2) is 0 Å². The minimum Gasteiger partial charge on any atom is -0.389 e. The number of fused-ring (bicyclic) bond motifs is 1. The Labute approximate surface area is 126 Å². The van der Waals surface area contributed by atoms with E-state index in [2.05, 4.69) is 17.0 Å². The highest BCUT2D eigenvalue weighted by atomic mass is 32.1. The van der Waals surface area contributed by atoms with Gasteiger partial charge in [-0.15, -0.1) is 0 Å². The lowest BCUT2D eigenvalue weighted by Crippen LogP contribution is -2.52. The second kappa shape index (κ2) is 6.20. The van der Waals surface area contributed by atoms with Crippen molar-refractivity contribution in [2.75, 3.05) is 13.2 Å². The van der Waals surface area contributed by atoms with Crippen LogP contribution in [0.25, 0.3) is 0 Å². The molecule has 2 fully saturated rings. The van der Waals surface area contributed by atoms with Crippen LogP contribution in [0.15, 0.2) is 24.3 Å². The molecule has 1 saturated carbocycles. The molecule has 1 aliphatic heterocycles. The fourth-order valence-electron chi connectivity index (χ4n) is 3.43. The number of ether oxygens (including phenoxy) is 1. The summed E-state index contributed by atoms with van der Waals surface area (Å²) < 4.78 is 5.93. The van der Waals surface area contributed by atoms with Crippen molar-refractivity contribution in [2.24, 2.45) is 5.73 Å². The Morgan fingerprint density at radius 2 is 2.20 bits per heavy atom. The van der Waals surface area contributed by atoms with E-state index in [0.717, 1.165) is 25.3 Å². The fraction of sp³-hybridized carbons (Fsp3) is 0.562. The molecule has 0 bridgehead atoms. The van der Waals surface area contributed by atoms with E-state index in [0.29, 0.717) is 17.1 Å².